The largest absolute Gasteiger partial charge is 0.493 e. The maximum absolute atomic E-state index is 12.5. The lowest BCUT2D eigenvalue weighted by Gasteiger charge is -2.07. The second-order valence-corrected chi connectivity index (χ2v) is 6.38. The third-order valence-electron chi connectivity index (χ3n) is 4.63. The van der Waals surface area contributed by atoms with Gasteiger partial charge in [-0.15, -0.1) is 0 Å². The van der Waals surface area contributed by atoms with Crippen molar-refractivity contribution in [3.05, 3.63) is 66.1 Å². The highest BCUT2D eigenvalue weighted by Crippen LogP contribution is 2.32. The highest BCUT2D eigenvalue weighted by molar-refractivity contribution is 6.03. The number of anilines is 1. The number of carbonyl (C=O) groups excluding carboxylic acids is 1. The van der Waals surface area contributed by atoms with Crippen molar-refractivity contribution in [2.24, 2.45) is 0 Å². The average Bonchev–Trinajstić information content (AvgIpc) is 3.36. The Hall–Kier alpha value is -3.94. The van der Waals surface area contributed by atoms with Crippen LogP contribution < -0.4 is 20.5 Å². The first kappa shape index (κ1) is 18.4. The minimum Gasteiger partial charge on any atom is -0.493 e. The molecule has 3 N–H and O–H groups in total. The smallest absolute Gasteiger partial charge is 0.255 e. The molecular weight excluding hydrogens is 372 g/mol. The van der Waals surface area contributed by atoms with Crippen LogP contribution in [0.3, 0.4) is 0 Å². The van der Waals surface area contributed by atoms with Crippen molar-refractivity contribution >= 4 is 17.1 Å². The summed E-state index contributed by atoms with van der Waals surface area (Å²) in [6.45, 7) is 0.210. The predicted octanol–water partition coefficient (Wildman–Crippen LogP) is 3.12. The summed E-state index contributed by atoms with van der Waals surface area (Å²) < 4.78 is 17.8. The monoisotopic (exact) mass is 392 g/mol. The molecule has 8 heteroatoms. The van der Waals surface area contributed by atoms with E-state index >= 15 is 0 Å². The number of ether oxygens (including phenoxy) is 2. The summed E-state index contributed by atoms with van der Waals surface area (Å²) in [5.74, 6) is 1.50. The number of nitrogens with two attached hydrogens (primary N) is 1. The van der Waals surface area contributed by atoms with Gasteiger partial charge >= 0.3 is 0 Å². The maximum Gasteiger partial charge on any atom is 0.255 e. The first-order chi connectivity index (χ1) is 14.1. The number of aromatic nitrogens is 2. The lowest BCUT2D eigenvalue weighted by molar-refractivity contribution is 0.0951. The van der Waals surface area contributed by atoms with Crippen LogP contribution in [0.5, 0.6) is 11.5 Å². The first-order valence-corrected chi connectivity index (χ1v) is 8.92. The van der Waals surface area contributed by atoms with E-state index in [4.69, 9.17) is 19.7 Å². The summed E-state index contributed by atoms with van der Waals surface area (Å²) in [5.41, 5.74) is 9.12. The minimum absolute atomic E-state index is 0.210. The lowest BCUT2D eigenvalue weighted by atomic mass is 10.1. The summed E-state index contributed by atoms with van der Waals surface area (Å²) in [6.07, 6.45) is 3.55. The topological polar surface area (TPSA) is 104 Å². The first-order valence-electron chi connectivity index (χ1n) is 8.92. The molecule has 3 aromatic heterocycles. The zero-order chi connectivity index (χ0) is 20.4. The molecule has 0 aliphatic heterocycles. The Morgan fingerprint density at radius 3 is 2.76 bits per heavy atom. The normalized spacial score (nSPS) is 10.8. The molecule has 3 heterocycles. The van der Waals surface area contributed by atoms with E-state index in [1.807, 2.05) is 34.9 Å². The van der Waals surface area contributed by atoms with Crippen LogP contribution >= 0.6 is 0 Å². The van der Waals surface area contributed by atoms with Gasteiger partial charge in [0.1, 0.15) is 5.69 Å². The fourth-order valence-corrected chi connectivity index (χ4v) is 3.11. The number of fused-ring (bicyclic) bond motifs is 1. The number of methoxy groups -OCH3 is 2. The molecular formula is C21H20N4O4. The average molecular weight is 392 g/mol. The molecule has 0 fully saturated rings. The molecule has 0 bridgehead atoms. The molecule has 148 valence electrons. The lowest BCUT2D eigenvalue weighted by Crippen LogP contribution is -2.23. The number of hydrogen-bond donors (Lipinski definition) is 2. The van der Waals surface area contributed by atoms with Gasteiger partial charge in [0.25, 0.3) is 5.91 Å². The fourth-order valence-electron chi connectivity index (χ4n) is 3.11. The van der Waals surface area contributed by atoms with Gasteiger partial charge in [-0.2, -0.15) is 0 Å². The number of rotatable bonds is 6. The summed E-state index contributed by atoms with van der Waals surface area (Å²) in [7, 11) is 3.15. The van der Waals surface area contributed by atoms with Gasteiger partial charge in [0.05, 0.1) is 37.5 Å². The molecule has 1 aromatic carbocycles. The van der Waals surface area contributed by atoms with E-state index in [1.165, 1.54) is 0 Å². The van der Waals surface area contributed by atoms with Crippen molar-refractivity contribution in [3.63, 3.8) is 0 Å². The van der Waals surface area contributed by atoms with Gasteiger partial charge in [-0.25, -0.2) is 0 Å². The Bertz CT molecular complexity index is 1180. The second-order valence-electron chi connectivity index (χ2n) is 6.38. The quantitative estimate of drug-likeness (QED) is 0.522. The number of nitrogens with one attached hydrogen (secondary N) is 1. The highest BCUT2D eigenvalue weighted by Gasteiger charge is 2.16. The number of amides is 1. The summed E-state index contributed by atoms with van der Waals surface area (Å²) in [6, 6.07) is 12.8. The molecule has 29 heavy (non-hydrogen) atoms. The zero-order valence-corrected chi connectivity index (χ0v) is 16.0. The van der Waals surface area contributed by atoms with Gasteiger partial charge in [0, 0.05) is 24.0 Å². The van der Waals surface area contributed by atoms with Crippen LogP contribution in [0.15, 0.2) is 59.4 Å². The van der Waals surface area contributed by atoms with E-state index in [0.717, 1.165) is 11.1 Å². The van der Waals surface area contributed by atoms with E-state index < -0.39 is 0 Å². The van der Waals surface area contributed by atoms with Crippen LogP contribution in [0.25, 0.3) is 16.8 Å². The van der Waals surface area contributed by atoms with Crippen molar-refractivity contribution in [2.75, 3.05) is 20.0 Å². The fraction of sp³-hybridized carbons (Fsp3) is 0.143. The summed E-state index contributed by atoms with van der Waals surface area (Å²) >= 11 is 0. The molecule has 4 rings (SSSR count). The molecule has 4 aromatic rings. The van der Waals surface area contributed by atoms with Crippen LogP contribution in [0.2, 0.25) is 0 Å². The van der Waals surface area contributed by atoms with Crippen LogP contribution in [0.4, 0.5) is 5.69 Å². The Morgan fingerprint density at radius 2 is 2.00 bits per heavy atom. The Kier molecular flexibility index (Phi) is 4.82. The highest BCUT2D eigenvalue weighted by atomic mass is 16.5. The Morgan fingerprint density at radius 1 is 1.17 bits per heavy atom. The summed E-state index contributed by atoms with van der Waals surface area (Å²) in [5, 5.41) is 6.85. The molecule has 0 saturated heterocycles. The van der Waals surface area contributed by atoms with E-state index in [9.17, 15) is 4.79 Å². The zero-order valence-electron chi connectivity index (χ0n) is 16.0. The van der Waals surface area contributed by atoms with Gasteiger partial charge < -0.3 is 29.4 Å². The van der Waals surface area contributed by atoms with Crippen molar-refractivity contribution in [3.8, 4) is 22.8 Å². The maximum atomic E-state index is 12.5. The van der Waals surface area contributed by atoms with E-state index in [0.29, 0.717) is 34.2 Å². The standard InChI is InChI=1S/C21H20N4O4/c1-27-17-7-6-13(9-19(17)28-2)18-10-14(24-29-18)11-23-21(26)15-12-25-8-4-3-5-16(25)20(15)22/h3-10,12H,11,22H2,1-2H3,(H,23,26). The van der Waals surface area contributed by atoms with E-state index in [1.54, 1.807) is 38.6 Å². The number of benzene rings is 1. The van der Waals surface area contributed by atoms with Gasteiger partial charge in [-0.05, 0) is 30.3 Å². The molecule has 1 amide bonds. The molecule has 8 nitrogen and oxygen atoms in total. The minimum atomic E-state index is -0.276. The van der Waals surface area contributed by atoms with Crippen molar-refractivity contribution in [2.45, 2.75) is 6.54 Å². The van der Waals surface area contributed by atoms with E-state index in [-0.39, 0.29) is 12.5 Å². The van der Waals surface area contributed by atoms with Gasteiger partial charge in [0.2, 0.25) is 0 Å². The molecule has 0 atom stereocenters. The molecule has 0 radical (unpaired) electrons. The predicted molar refractivity (Wildman–Crippen MR) is 108 cm³/mol. The molecule has 0 aliphatic rings. The van der Waals surface area contributed by atoms with Crippen LogP contribution in [0.1, 0.15) is 16.1 Å². The van der Waals surface area contributed by atoms with Crippen molar-refractivity contribution in [1.82, 2.24) is 14.9 Å². The summed E-state index contributed by atoms with van der Waals surface area (Å²) in [4.78, 5) is 12.5. The van der Waals surface area contributed by atoms with E-state index in [2.05, 4.69) is 10.5 Å². The van der Waals surface area contributed by atoms with Gasteiger partial charge in [0.15, 0.2) is 17.3 Å². The number of pyridine rings is 1. The van der Waals surface area contributed by atoms with Gasteiger partial charge in [-0.3, -0.25) is 4.79 Å². The number of nitrogen functional groups attached to an aromatic ring is 1. The van der Waals surface area contributed by atoms with Crippen molar-refractivity contribution in [1.29, 1.82) is 0 Å². The Labute approximate surface area is 166 Å². The van der Waals surface area contributed by atoms with Crippen LogP contribution in [-0.2, 0) is 6.54 Å². The van der Waals surface area contributed by atoms with Gasteiger partial charge in [-0.1, -0.05) is 11.2 Å². The van der Waals surface area contributed by atoms with Crippen LogP contribution in [-0.4, -0.2) is 29.7 Å². The third-order valence-corrected chi connectivity index (χ3v) is 4.63. The molecule has 0 spiro atoms. The number of carbonyl (C=O) groups is 1. The number of nitrogens with zero attached hydrogens (tertiary/aromatic N) is 2. The molecule has 0 unspecified atom stereocenters. The van der Waals surface area contributed by atoms with Crippen molar-refractivity contribution < 1.29 is 18.8 Å². The van der Waals surface area contributed by atoms with Crippen LogP contribution in [0, 0.1) is 0 Å². The Balaban J connectivity index is 1.48. The molecule has 0 saturated carbocycles. The third kappa shape index (κ3) is 3.47. The SMILES string of the molecule is COc1ccc(-c2cc(CNC(=O)c3cn4ccccc4c3N)no2)cc1OC. The number of hydrogen-bond acceptors (Lipinski definition) is 6. The second kappa shape index (κ2) is 7.59. The molecule has 0 aliphatic carbocycles.